The number of ketones is 1. The summed E-state index contributed by atoms with van der Waals surface area (Å²) in [5.74, 6) is -0.429. The maximum Gasteiger partial charge on any atom is 0.262 e. The van der Waals surface area contributed by atoms with E-state index in [1.165, 1.54) is 0 Å². The number of aliphatic hydroxyl groups is 1. The smallest absolute Gasteiger partial charge is 0.262 e. The van der Waals surface area contributed by atoms with Crippen molar-refractivity contribution in [3.05, 3.63) is 35.4 Å². The Hall–Kier alpha value is -2.38. The lowest BCUT2D eigenvalue weighted by atomic mass is 10.1. The van der Waals surface area contributed by atoms with Crippen LogP contribution in [0.15, 0.2) is 29.8 Å². The molecule has 7 nitrogen and oxygen atoms in total. The molecule has 1 aliphatic heterocycles. The second kappa shape index (κ2) is 7.67. The van der Waals surface area contributed by atoms with Crippen molar-refractivity contribution in [2.75, 3.05) is 33.7 Å². The van der Waals surface area contributed by atoms with Crippen molar-refractivity contribution in [2.24, 2.45) is 0 Å². The summed E-state index contributed by atoms with van der Waals surface area (Å²) in [6, 6.07) is 6.65. The van der Waals surface area contributed by atoms with E-state index in [1.54, 1.807) is 36.3 Å². The number of benzene rings is 1. The van der Waals surface area contributed by atoms with E-state index in [9.17, 15) is 14.7 Å². The number of hydrogen-bond donors (Lipinski definition) is 1. The van der Waals surface area contributed by atoms with Crippen molar-refractivity contribution < 1.29 is 28.9 Å². The first-order chi connectivity index (χ1) is 12.1. The molecule has 2 fully saturated rings. The van der Waals surface area contributed by atoms with E-state index in [0.717, 1.165) is 12.8 Å². The quantitative estimate of drug-likeness (QED) is 0.252. The van der Waals surface area contributed by atoms with E-state index in [2.05, 4.69) is 0 Å². The molecule has 1 saturated heterocycles. The number of aliphatic hydroxyl groups excluding tert-OH is 1. The summed E-state index contributed by atoms with van der Waals surface area (Å²) in [7, 11) is 1.59. The van der Waals surface area contributed by atoms with Gasteiger partial charge in [0.15, 0.2) is 12.6 Å². The molecular formula is C18H21NO6. The number of carbonyl (C=O) groups is 2. The van der Waals surface area contributed by atoms with Gasteiger partial charge in [-0.05, 0) is 37.1 Å². The van der Waals surface area contributed by atoms with Gasteiger partial charge in [-0.3, -0.25) is 9.59 Å². The zero-order valence-corrected chi connectivity index (χ0v) is 14.1. The van der Waals surface area contributed by atoms with Gasteiger partial charge in [0.05, 0.1) is 19.8 Å². The molecule has 1 amide bonds. The minimum absolute atomic E-state index is 0.0584. The van der Waals surface area contributed by atoms with Gasteiger partial charge in [0, 0.05) is 18.7 Å². The molecule has 1 aliphatic carbocycles. The van der Waals surface area contributed by atoms with E-state index in [0.29, 0.717) is 24.5 Å². The lowest BCUT2D eigenvalue weighted by molar-refractivity contribution is -0.125. The van der Waals surface area contributed by atoms with Crippen LogP contribution in [0.3, 0.4) is 0 Å². The highest BCUT2D eigenvalue weighted by molar-refractivity contribution is 6.28. The normalized spacial score (nSPS) is 19.5. The van der Waals surface area contributed by atoms with Gasteiger partial charge in [-0.15, -0.1) is 0 Å². The van der Waals surface area contributed by atoms with Crippen LogP contribution in [0.1, 0.15) is 18.4 Å². The van der Waals surface area contributed by atoms with Gasteiger partial charge in [-0.1, -0.05) is 0 Å². The highest BCUT2D eigenvalue weighted by Gasteiger charge is 2.43. The Bertz CT molecular complexity index is 677. The number of nitrogens with zero attached hydrogens (tertiary/aromatic N) is 1. The molecule has 25 heavy (non-hydrogen) atoms. The highest BCUT2D eigenvalue weighted by Crippen LogP contribution is 2.33. The Balaban J connectivity index is 1.65. The van der Waals surface area contributed by atoms with Crippen LogP contribution in [-0.2, 0) is 19.1 Å². The summed E-state index contributed by atoms with van der Waals surface area (Å²) in [5.41, 5.74) is 0.283. The molecule has 1 aromatic carbocycles. The number of rotatable bonds is 8. The lowest BCUT2D eigenvalue weighted by Gasteiger charge is -2.12. The second-order valence-electron chi connectivity index (χ2n) is 6.00. The molecule has 7 heteroatoms. The van der Waals surface area contributed by atoms with E-state index in [1.807, 2.05) is 0 Å². The van der Waals surface area contributed by atoms with Gasteiger partial charge < -0.3 is 24.2 Å². The fourth-order valence-corrected chi connectivity index (χ4v) is 2.65. The third-order valence-electron chi connectivity index (χ3n) is 4.16. The number of carbonyl (C=O) groups excluding carboxylic acids is 2. The van der Waals surface area contributed by atoms with E-state index in [-0.39, 0.29) is 42.4 Å². The van der Waals surface area contributed by atoms with Gasteiger partial charge in [-0.25, -0.2) is 0 Å². The third kappa shape index (κ3) is 4.00. The minimum atomic E-state index is -0.378. The molecule has 134 valence electrons. The number of Topliss-reactive ketones (excluding diaryl/α,β-unsaturated/α-hetero) is 1. The zero-order chi connectivity index (χ0) is 17.8. The molecule has 0 atom stereocenters. The van der Waals surface area contributed by atoms with Crippen LogP contribution in [-0.4, -0.2) is 61.4 Å². The molecule has 0 spiro atoms. The largest absolute Gasteiger partial charge is 0.506 e. The average Bonchev–Trinajstić information content (AvgIpc) is 3.40. The second-order valence-corrected chi connectivity index (χ2v) is 6.00. The van der Waals surface area contributed by atoms with Crippen LogP contribution in [0.25, 0.3) is 5.76 Å². The summed E-state index contributed by atoms with van der Waals surface area (Å²) in [5, 5.41) is 10.4. The Morgan fingerprint density at radius 3 is 2.56 bits per heavy atom. The van der Waals surface area contributed by atoms with E-state index in [4.69, 9.17) is 14.2 Å². The van der Waals surface area contributed by atoms with Gasteiger partial charge in [0.25, 0.3) is 5.91 Å². The molecule has 1 heterocycles. The van der Waals surface area contributed by atoms with Crippen molar-refractivity contribution in [1.29, 1.82) is 0 Å². The van der Waals surface area contributed by atoms with Gasteiger partial charge in [-0.2, -0.15) is 0 Å². The summed E-state index contributed by atoms with van der Waals surface area (Å²) in [4.78, 5) is 26.0. The summed E-state index contributed by atoms with van der Waals surface area (Å²) < 4.78 is 15.5. The monoisotopic (exact) mass is 347 g/mol. The molecular weight excluding hydrogens is 326 g/mol. The van der Waals surface area contributed by atoms with Crippen molar-refractivity contribution in [3.8, 4) is 5.75 Å². The maximum absolute atomic E-state index is 12.3. The predicted octanol–water partition coefficient (Wildman–Crippen LogP) is 1.53. The first kappa shape index (κ1) is 17.4. The lowest BCUT2D eigenvalue weighted by Crippen LogP contribution is -2.27. The number of amides is 1. The summed E-state index contributed by atoms with van der Waals surface area (Å²) >= 11 is 0. The molecule has 1 saturated carbocycles. The SMILES string of the molecule is COCCOCOc1ccc(/C(O)=C2\C(=O)CN(C3CC3)C2=O)cc1. The van der Waals surface area contributed by atoms with Crippen LogP contribution >= 0.6 is 0 Å². The van der Waals surface area contributed by atoms with Crippen LogP contribution < -0.4 is 4.74 Å². The topological polar surface area (TPSA) is 85.3 Å². The Kier molecular flexibility index (Phi) is 5.35. The van der Waals surface area contributed by atoms with Crippen molar-refractivity contribution >= 4 is 17.4 Å². The standard InChI is InChI=1S/C18H21NO6/c1-23-8-9-24-11-25-14-6-2-12(3-7-14)17(21)16-15(20)10-19(18(16)22)13-4-5-13/h2-3,6-7,13,21H,4-5,8-11H2,1H3/b17-16-. The van der Waals surface area contributed by atoms with Crippen LogP contribution in [0.5, 0.6) is 5.75 Å². The molecule has 0 unspecified atom stereocenters. The molecule has 0 aromatic heterocycles. The maximum atomic E-state index is 12.3. The predicted molar refractivity (Wildman–Crippen MR) is 89.1 cm³/mol. The Labute approximate surface area is 145 Å². The van der Waals surface area contributed by atoms with Gasteiger partial charge >= 0.3 is 0 Å². The number of likely N-dealkylation sites (tertiary alicyclic amines) is 1. The number of ether oxygens (including phenoxy) is 3. The molecule has 3 rings (SSSR count). The van der Waals surface area contributed by atoms with Gasteiger partial charge in [0.2, 0.25) is 0 Å². The first-order valence-electron chi connectivity index (χ1n) is 8.19. The van der Waals surface area contributed by atoms with Crippen LogP contribution in [0.2, 0.25) is 0 Å². The summed E-state index contributed by atoms with van der Waals surface area (Å²) in [6.07, 6.45) is 1.84. The fourth-order valence-electron chi connectivity index (χ4n) is 2.65. The molecule has 1 N–H and O–H groups in total. The van der Waals surface area contributed by atoms with Crippen molar-refractivity contribution in [1.82, 2.24) is 4.90 Å². The minimum Gasteiger partial charge on any atom is -0.506 e. The first-order valence-corrected chi connectivity index (χ1v) is 8.19. The fraction of sp³-hybridized carbons (Fsp3) is 0.444. The molecule has 0 radical (unpaired) electrons. The average molecular weight is 347 g/mol. The van der Waals surface area contributed by atoms with Crippen molar-refractivity contribution in [3.63, 3.8) is 0 Å². The molecule has 1 aromatic rings. The highest BCUT2D eigenvalue weighted by atomic mass is 16.7. The van der Waals surface area contributed by atoms with Crippen molar-refractivity contribution in [2.45, 2.75) is 18.9 Å². The Morgan fingerprint density at radius 2 is 1.92 bits per heavy atom. The van der Waals surface area contributed by atoms with Gasteiger partial charge in [0.1, 0.15) is 17.1 Å². The van der Waals surface area contributed by atoms with E-state index < -0.39 is 0 Å². The number of methoxy groups -OCH3 is 1. The third-order valence-corrected chi connectivity index (χ3v) is 4.16. The van der Waals surface area contributed by atoms with E-state index >= 15 is 0 Å². The molecule has 0 bridgehead atoms. The number of hydrogen-bond acceptors (Lipinski definition) is 6. The zero-order valence-electron chi connectivity index (χ0n) is 14.1. The van der Waals surface area contributed by atoms with Crippen LogP contribution in [0.4, 0.5) is 0 Å². The molecule has 2 aliphatic rings. The van der Waals surface area contributed by atoms with Crippen LogP contribution in [0, 0.1) is 0 Å². The summed E-state index contributed by atoms with van der Waals surface area (Å²) in [6.45, 7) is 1.07. The Morgan fingerprint density at radius 1 is 1.20 bits per heavy atom.